The summed E-state index contributed by atoms with van der Waals surface area (Å²) >= 11 is 0. The van der Waals surface area contributed by atoms with Crippen molar-refractivity contribution < 1.29 is 13.2 Å². The average Bonchev–Trinajstić information content (AvgIpc) is 2.84. The molecular weight excluding hydrogens is 426 g/mol. The largest absolute Gasteiger partial charge is 0.368 e. The van der Waals surface area contributed by atoms with Crippen LogP contribution in [0.15, 0.2) is 78.1 Å². The Labute approximate surface area is 188 Å². The van der Waals surface area contributed by atoms with Crippen LogP contribution < -0.4 is 9.62 Å². The van der Waals surface area contributed by atoms with Crippen LogP contribution in [0.25, 0.3) is 0 Å². The Hall–Kier alpha value is -3.46. The van der Waals surface area contributed by atoms with Gasteiger partial charge in [0.15, 0.2) is 0 Å². The second-order valence-electron chi connectivity index (χ2n) is 7.55. The Morgan fingerprint density at radius 3 is 2.31 bits per heavy atom. The molecule has 1 aliphatic heterocycles. The van der Waals surface area contributed by atoms with Gasteiger partial charge >= 0.3 is 0 Å². The number of carbonyl (C=O) groups is 1. The normalized spacial score (nSPS) is 14.2. The Balaban J connectivity index is 1.30. The molecule has 32 heavy (non-hydrogen) atoms. The molecule has 166 valence electrons. The standard InChI is InChI=1S/C23H25N5O3S/c29-23(11-6-19-4-2-1-3-5-19)28-16-14-27(15-17-28)20-7-9-21(10-8-20)32(30,31)26-22-12-13-24-18-25-22/h1-5,7-10,12-13,18H,6,11,14-17H2,(H,24,25,26). The van der Waals surface area contributed by atoms with Crippen molar-refractivity contribution >= 4 is 27.4 Å². The first-order chi connectivity index (χ1) is 15.5. The average molecular weight is 452 g/mol. The highest BCUT2D eigenvalue weighted by molar-refractivity contribution is 7.92. The molecular formula is C23H25N5O3S. The number of benzene rings is 2. The third-order valence-electron chi connectivity index (χ3n) is 5.44. The predicted molar refractivity (Wildman–Crippen MR) is 123 cm³/mol. The third-order valence-corrected chi connectivity index (χ3v) is 6.81. The van der Waals surface area contributed by atoms with Crippen molar-refractivity contribution in [2.45, 2.75) is 17.7 Å². The molecule has 1 amide bonds. The molecule has 0 unspecified atom stereocenters. The van der Waals surface area contributed by atoms with Gasteiger partial charge in [-0.15, -0.1) is 0 Å². The first-order valence-electron chi connectivity index (χ1n) is 10.5. The second-order valence-corrected chi connectivity index (χ2v) is 9.23. The van der Waals surface area contributed by atoms with Crippen LogP contribution in [0.5, 0.6) is 0 Å². The number of nitrogens with one attached hydrogen (secondary N) is 1. The van der Waals surface area contributed by atoms with E-state index in [0.717, 1.165) is 12.1 Å². The second kappa shape index (κ2) is 9.78. The smallest absolute Gasteiger partial charge is 0.263 e. The molecule has 0 saturated carbocycles. The van der Waals surface area contributed by atoms with E-state index in [2.05, 4.69) is 19.6 Å². The highest BCUT2D eigenvalue weighted by Crippen LogP contribution is 2.21. The fourth-order valence-corrected chi connectivity index (χ4v) is 4.66. The molecule has 4 rings (SSSR count). The lowest BCUT2D eigenvalue weighted by Crippen LogP contribution is -2.48. The van der Waals surface area contributed by atoms with Crippen molar-refractivity contribution in [3.63, 3.8) is 0 Å². The zero-order chi connectivity index (χ0) is 22.4. The molecule has 8 nitrogen and oxygen atoms in total. The molecule has 1 fully saturated rings. The lowest BCUT2D eigenvalue weighted by atomic mass is 10.1. The Morgan fingerprint density at radius 1 is 0.938 bits per heavy atom. The summed E-state index contributed by atoms with van der Waals surface area (Å²) in [6.45, 7) is 2.73. The van der Waals surface area contributed by atoms with Crippen LogP contribution in [0.4, 0.5) is 11.5 Å². The summed E-state index contributed by atoms with van der Waals surface area (Å²) in [5.74, 6) is 0.392. The van der Waals surface area contributed by atoms with Gasteiger partial charge in [0.1, 0.15) is 12.1 Å². The molecule has 9 heteroatoms. The van der Waals surface area contributed by atoms with E-state index < -0.39 is 10.0 Å². The van der Waals surface area contributed by atoms with Gasteiger partial charge in [0.05, 0.1) is 4.90 Å². The summed E-state index contributed by atoms with van der Waals surface area (Å²) in [6.07, 6.45) is 4.02. The molecule has 3 aromatic rings. The van der Waals surface area contributed by atoms with Gasteiger partial charge in [0.2, 0.25) is 5.91 Å². The van der Waals surface area contributed by atoms with Crippen LogP contribution in [-0.4, -0.2) is 55.4 Å². The van der Waals surface area contributed by atoms with Gasteiger partial charge in [-0.25, -0.2) is 18.4 Å². The SMILES string of the molecule is O=C(CCc1ccccc1)N1CCN(c2ccc(S(=O)(=O)Nc3ccncn3)cc2)CC1. The number of amides is 1. The van der Waals surface area contributed by atoms with Gasteiger partial charge in [-0.2, -0.15) is 0 Å². The minimum absolute atomic E-state index is 0.162. The predicted octanol–water partition coefficient (Wildman–Crippen LogP) is 2.56. The highest BCUT2D eigenvalue weighted by atomic mass is 32.2. The molecule has 0 radical (unpaired) electrons. The van der Waals surface area contributed by atoms with E-state index >= 15 is 0 Å². The minimum Gasteiger partial charge on any atom is -0.368 e. The maximum atomic E-state index is 12.5. The van der Waals surface area contributed by atoms with Gasteiger partial charge in [0, 0.05) is 44.5 Å². The van der Waals surface area contributed by atoms with E-state index in [1.54, 1.807) is 24.3 Å². The third kappa shape index (κ3) is 5.42. The van der Waals surface area contributed by atoms with E-state index in [1.807, 2.05) is 35.2 Å². The lowest BCUT2D eigenvalue weighted by molar-refractivity contribution is -0.131. The lowest BCUT2D eigenvalue weighted by Gasteiger charge is -2.36. The number of nitrogens with zero attached hydrogens (tertiary/aromatic N) is 4. The number of carbonyl (C=O) groups excluding carboxylic acids is 1. The summed E-state index contributed by atoms with van der Waals surface area (Å²) in [7, 11) is -3.72. The van der Waals surface area contributed by atoms with Crippen molar-refractivity contribution in [2.24, 2.45) is 0 Å². The first kappa shape index (κ1) is 21.8. The molecule has 1 aromatic heterocycles. The number of hydrogen-bond donors (Lipinski definition) is 1. The van der Waals surface area contributed by atoms with Crippen molar-refractivity contribution in [1.29, 1.82) is 0 Å². The van der Waals surface area contributed by atoms with Gasteiger partial charge in [0.25, 0.3) is 10.0 Å². The summed E-state index contributed by atoms with van der Waals surface area (Å²) in [6, 6.07) is 18.3. The van der Waals surface area contributed by atoms with Crippen LogP contribution in [0, 0.1) is 0 Å². The van der Waals surface area contributed by atoms with Gasteiger partial charge in [-0.05, 0) is 42.3 Å². The molecule has 0 aliphatic carbocycles. The fraction of sp³-hybridized carbons (Fsp3) is 0.261. The summed E-state index contributed by atoms with van der Waals surface area (Å²) < 4.78 is 27.5. The zero-order valence-corrected chi connectivity index (χ0v) is 18.4. The van der Waals surface area contributed by atoms with E-state index in [4.69, 9.17) is 0 Å². The summed E-state index contributed by atoms with van der Waals surface area (Å²) in [5.41, 5.74) is 2.10. The van der Waals surface area contributed by atoms with Crippen molar-refractivity contribution in [3.8, 4) is 0 Å². The van der Waals surface area contributed by atoms with Crippen LogP contribution in [0.2, 0.25) is 0 Å². The van der Waals surface area contributed by atoms with E-state index in [0.29, 0.717) is 32.6 Å². The number of sulfonamides is 1. The van der Waals surface area contributed by atoms with Gasteiger partial charge in [-0.3, -0.25) is 9.52 Å². The monoisotopic (exact) mass is 451 g/mol. The van der Waals surface area contributed by atoms with Crippen LogP contribution in [0.3, 0.4) is 0 Å². The Bertz CT molecular complexity index is 1130. The molecule has 0 atom stereocenters. The number of aromatic nitrogens is 2. The molecule has 0 spiro atoms. The number of anilines is 2. The van der Waals surface area contributed by atoms with Crippen molar-refractivity contribution in [2.75, 3.05) is 35.8 Å². The van der Waals surface area contributed by atoms with E-state index in [-0.39, 0.29) is 16.6 Å². The summed E-state index contributed by atoms with van der Waals surface area (Å²) in [5, 5.41) is 0. The van der Waals surface area contributed by atoms with Gasteiger partial charge < -0.3 is 9.80 Å². The fourth-order valence-electron chi connectivity index (χ4n) is 3.65. The molecule has 1 aliphatic rings. The number of piperazine rings is 1. The Morgan fingerprint density at radius 2 is 1.66 bits per heavy atom. The van der Waals surface area contributed by atoms with E-state index in [1.165, 1.54) is 24.2 Å². The van der Waals surface area contributed by atoms with Gasteiger partial charge in [-0.1, -0.05) is 30.3 Å². The zero-order valence-electron chi connectivity index (χ0n) is 17.6. The van der Waals surface area contributed by atoms with Crippen LogP contribution in [0.1, 0.15) is 12.0 Å². The minimum atomic E-state index is -3.72. The quantitative estimate of drug-likeness (QED) is 0.593. The Kier molecular flexibility index (Phi) is 6.65. The number of aryl methyl sites for hydroxylation is 1. The number of hydrogen-bond acceptors (Lipinski definition) is 6. The van der Waals surface area contributed by atoms with Crippen molar-refractivity contribution in [3.05, 3.63) is 78.8 Å². The van der Waals surface area contributed by atoms with E-state index in [9.17, 15) is 13.2 Å². The first-order valence-corrected chi connectivity index (χ1v) is 12.0. The molecule has 0 bridgehead atoms. The topological polar surface area (TPSA) is 95.5 Å². The maximum Gasteiger partial charge on any atom is 0.263 e. The molecule has 1 saturated heterocycles. The summed E-state index contributed by atoms with van der Waals surface area (Å²) in [4.78, 5) is 24.4. The van der Waals surface area contributed by atoms with Crippen molar-refractivity contribution in [1.82, 2.24) is 14.9 Å². The van der Waals surface area contributed by atoms with Crippen LogP contribution in [-0.2, 0) is 21.2 Å². The molecule has 2 aromatic carbocycles. The maximum absolute atomic E-state index is 12.5. The molecule has 2 heterocycles. The number of rotatable bonds is 7. The molecule has 1 N–H and O–H groups in total. The van der Waals surface area contributed by atoms with Crippen LogP contribution >= 0.6 is 0 Å². The highest BCUT2D eigenvalue weighted by Gasteiger charge is 2.22.